The molecule has 0 aromatic rings. The molecule has 2 aliphatic carbocycles. The van der Waals surface area contributed by atoms with Crippen LogP contribution in [0.15, 0.2) is 0 Å². The zero-order valence-corrected chi connectivity index (χ0v) is 17.5. The van der Waals surface area contributed by atoms with Crippen molar-refractivity contribution in [3.05, 3.63) is 0 Å². The van der Waals surface area contributed by atoms with E-state index in [0.29, 0.717) is 25.3 Å². The Bertz CT molecular complexity index is 589. The fourth-order valence-corrected chi connectivity index (χ4v) is 6.40. The number of halogens is 1. The van der Waals surface area contributed by atoms with Crippen LogP contribution in [-0.4, -0.2) is 61.1 Å². The van der Waals surface area contributed by atoms with Crippen molar-refractivity contribution < 1.29 is 13.9 Å². The summed E-state index contributed by atoms with van der Waals surface area (Å²) >= 11 is 0. The Morgan fingerprint density at radius 3 is 2.59 bits per heavy atom. The third-order valence-corrected chi connectivity index (χ3v) is 8.10. The number of nitrogens with one attached hydrogen (secondary N) is 3. The molecule has 0 aromatic heterocycles. The summed E-state index contributed by atoms with van der Waals surface area (Å²) in [5.74, 6) is 12.7. The van der Waals surface area contributed by atoms with Gasteiger partial charge in [0.1, 0.15) is 6.17 Å². The molecule has 7 N–H and O–H groups in total. The van der Waals surface area contributed by atoms with E-state index in [1.807, 2.05) is 5.01 Å². The molecule has 0 radical (unpaired) electrons. The first kappa shape index (κ1) is 21.4. The van der Waals surface area contributed by atoms with Crippen LogP contribution in [0.4, 0.5) is 4.39 Å². The molecule has 0 aromatic carbocycles. The van der Waals surface area contributed by atoms with Crippen molar-refractivity contribution in [3.63, 3.8) is 0 Å². The summed E-state index contributed by atoms with van der Waals surface area (Å²) in [4.78, 5) is 12.9. The van der Waals surface area contributed by atoms with Crippen LogP contribution in [0, 0.1) is 23.7 Å². The van der Waals surface area contributed by atoms with Crippen molar-refractivity contribution >= 4 is 5.91 Å². The Morgan fingerprint density at radius 2 is 1.93 bits per heavy atom. The second kappa shape index (κ2) is 8.72. The van der Waals surface area contributed by atoms with Crippen LogP contribution in [0.1, 0.15) is 45.4 Å². The van der Waals surface area contributed by atoms with E-state index >= 15 is 0 Å². The highest BCUT2D eigenvalue weighted by Gasteiger charge is 2.55. The van der Waals surface area contributed by atoms with E-state index in [1.54, 1.807) is 7.05 Å². The fourth-order valence-electron chi connectivity index (χ4n) is 6.40. The average molecular weight is 413 g/mol. The van der Waals surface area contributed by atoms with Gasteiger partial charge in [-0.1, -0.05) is 0 Å². The maximum absolute atomic E-state index is 13.7. The van der Waals surface area contributed by atoms with Crippen LogP contribution in [0.25, 0.3) is 0 Å². The molecule has 2 heterocycles. The van der Waals surface area contributed by atoms with Crippen molar-refractivity contribution in [3.8, 4) is 0 Å². The van der Waals surface area contributed by atoms with Crippen LogP contribution in [-0.2, 0) is 9.53 Å². The van der Waals surface area contributed by atoms with E-state index in [9.17, 15) is 9.18 Å². The number of rotatable bonds is 3. The van der Waals surface area contributed by atoms with Crippen molar-refractivity contribution in [2.24, 2.45) is 35.4 Å². The zero-order valence-electron chi connectivity index (χ0n) is 17.5. The van der Waals surface area contributed by atoms with Crippen LogP contribution in [0.3, 0.4) is 0 Å². The van der Waals surface area contributed by atoms with Crippen LogP contribution in [0.5, 0.6) is 0 Å². The molecular weight excluding hydrogens is 375 g/mol. The van der Waals surface area contributed by atoms with E-state index in [0.717, 1.165) is 25.7 Å². The van der Waals surface area contributed by atoms with Gasteiger partial charge in [0.25, 0.3) is 0 Å². The third-order valence-electron chi connectivity index (χ3n) is 8.10. The summed E-state index contributed by atoms with van der Waals surface area (Å²) < 4.78 is 20.3. The quantitative estimate of drug-likeness (QED) is 0.327. The van der Waals surface area contributed by atoms with Gasteiger partial charge in [-0.2, -0.15) is 0 Å². The van der Waals surface area contributed by atoms with E-state index in [-0.39, 0.29) is 54.1 Å². The number of fused-ring (bicyclic) bond motifs is 2. The van der Waals surface area contributed by atoms with Gasteiger partial charge in [-0.05, 0) is 63.2 Å². The predicted octanol–water partition coefficient (Wildman–Crippen LogP) is -0.00410. The number of nitrogens with two attached hydrogens (primary N) is 2. The number of hydrogen-bond donors (Lipinski definition) is 5. The lowest BCUT2D eigenvalue weighted by Crippen LogP contribution is -2.58. The summed E-state index contributed by atoms with van der Waals surface area (Å²) in [6, 6.07) is 0.407. The largest absolute Gasteiger partial charge is 0.373 e. The topological polar surface area (TPSA) is 118 Å². The number of ether oxygens (including phenoxy) is 1. The molecule has 166 valence electrons. The van der Waals surface area contributed by atoms with Gasteiger partial charge in [0, 0.05) is 25.7 Å². The van der Waals surface area contributed by atoms with E-state index < -0.39 is 6.17 Å². The average Bonchev–Trinajstić information content (AvgIpc) is 3.05. The first-order valence-corrected chi connectivity index (χ1v) is 11.2. The second-order valence-electron chi connectivity index (χ2n) is 9.48. The maximum atomic E-state index is 13.7. The summed E-state index contributed by atoms with van der Waals surface area (Å²) in [6.45, 7) is 2.80. The van der Waals surface area contributed by atoms with Gasteiger partial charge >= 0.3 is 0 Å². The van der Waals surface area contributed by atoms with E-state index in [4.69, 9.17) is 16.4 Å². The highest BCUT2D eigenvalue weighted by molar-refractivity contribution is 5.79. The Labute approximate surface area is 172 Å². The van der Waals surface area contributed by atoms with Crippen LogP contribution < -0.4 is 27.7 Å². The van der Waals surface area contributed by atoms with Gasteiger partial charge in [-0.25, -0.2) is 14.8 Å². The summed E-state index contributed by atoms with van der Waals surface area (Å²) in [5.41, 5.74) is 2.79. The Kier molecular flexibility index (Phi) is 6.44. The molecule has 9 heteroatoms. The molecule has 8 atom stereocenters. The molecule has 8 nitrogen and oxygen atoms in total. The number of nitrogens with zero attached hydrogens (tertiary/aromatic N) is 1. The van der Waals surface area contributed by atoms with Gasteiger partial charge in [0.05, 0.1) is 24.3 Å². The molecule has 4 fully saturated rings. The first-order valence-electron chi connectivity index (χ1n) is 11.2. The maximum Gasteiger partial charge on any atom is 0.225 e. The lowest BCUT2D eigenvalue weighted by atomic mass is 9.67. The number of hydrazine groups is 2. The molecule has 2 saturated carbocycles. The molecule has 4 rings (SSSR count). The Hall–Kier alpha value is -0.840. The SMILES string of the molecule is CNC(=O)C1C2CC3C(CC2OC1C1CCC(F)CC1)NCC(NN)N(N)C3C. The predicted molar refractivity (Wildman–Crippen MR) is 108 cm³/mol. The molecule has 4 aliphatic rings. The normalized spacial score (nSPS) is 48.4. The minimum atomic E-state index is -0.704. The molecule has 1 amide bonds. The van der Waals surface area contributed by atoms with Gasteiger partial charge in [0.2, 0.25) is 5.91 Å². The number of amides is 1. The molecule has 0 bridgehead atoms. The summed E-state index contributed by atoms with van der Waals surface area (Å²) in [6.07, 6.45) is 3.65. The molecule has 2 aliphatic heterocycles. The van der Waals surface area contributed by atoms with Crippen molar-refractivity contribution in [1.82, 2.24) is 21.1 Å². The number of carbonyl (C=O) groups excluding carboxylic acids is 1. The van der Waals surface area contributed by atoms with Gasteiger partial charge in [0.15, 0.2) is 0 Å². The van der Waals surface area contributed by atoms with Crippen molar-refractivity contribution in [2.45, 2.75) is 82.1 Å². The number of carbonyl (C=O) groups is 1. The molecule has 2 saturated heterocycles. The van der Waals surface area contributed by atoms with Crippen LogP contribution in [0.2, 0.25) is 0 Å². The van der Waals surface area contributed by atoms with Crippen molar-refractivity contribution in [1.29, 1.82) is 0 Å². The summed E-state index contributed by atoms with van der Waals surface area (Å²) in [7, 11) is 1.70. The first-order chi connectivity index (χ1) is 13.9. The Morgan fingerprint density at radius 1 is 1.21 bits per heavy atom. The fraction of sp³-hybridized carbons (Fsp3) is 0.950. The smallest absolute Gasteiger partial charge is 0.225 e. The minimum absolute atomic E-state index is 0.0555. The highest BCUT2D eigenvalue weighted by atomic mass is 19.1. The molecule has 29 heavy (non-hydrogen) atoms. The molecular formula is C20H37FN6O2. The Balaban J connectivity index is 1.55. The minimum Gasteiger partial charge on any atom is -0.373 e. The van der Waals surface area contributed by atoms with Gasteiger partial charge in [-0.3, -0.25) is 16.5 Å². The zero-order chi connectivity index (χ0) is 20.7. The molecule has 0 spiro atoms. The molecule has 8 unspecified atom stereocenters. The lowest BCUT2D eigenvalue weighted by Gasteiger charge is -2.42. The van der Waals surface area contributed by atoms with Crippen LogP contribution >= 0.6 is 0 Å². The van der Waals surface area contributed by atoms with E-state index in [2.05, 4.69) is 23.0 Å². The highest BCUT2D eigenvalue weighted by Crippen LogP contribution is 2.49. The number of hydrogen-bond acceptors (Lipinski definition) is 7. The van der Waals surface area contributed by atoms with Crippen molar-refractivity contribution in [2.75, 3.05) is 13.6 Å². The van der Waals surface area contributed by atoms with Gasteiger partial charge in [-0.15, -0.1) is 0 Å². The van der Waals surface area contributed by atoms with Gasteiger partial charge < -0.3 is 15.4 Å². The second-order valence-corrected chi connectivity index (χ2v) is 9.48. The lowest BCUT2D eigenvalue weighted by molar-refractivity contribution is -0.128. The standard InChI is InChI=1S/C20H37FN6O2/c1-10-13-7-14-16(8-15(13)25-9-17(26-22)27(10)23)29-19(18(14)20(28)24-2)11-3-5-12(21)6-4-11/h10-19,25-26H,3-9,22-23H2,1-2H3,(H,24,28). The number of alkyl halides is 1. The monoisotopic (exact) mass is 412 g/mol. The van der Waals surface area contributed by atoms with E-state index in [1.165, 1.54) is 0 Å². The third kappa shape index (κ3) is 3.93. The summed E-state index contributed by atoms with van der Waals surface area (Å²) in [5, 5.41) is 8.30.